The van der Waals surface area contributed by atoms with Crippen LogP contribution in [0.4, 0.5) is 4.79 Å². The fourth-order valence-electron chi connectivity index (χ4n) is 1.51. The van der Waals surface area contributed by atoms with Gasteiger partial charge in [0, 0.05) is 24.6 Å². The van der Waals surface area contributed by atoms with Crippen molar-refractivity contribution in [2.24, 2.45) is 0 Å². The second kappa shape index (κ2) is 3.13. The number of rotatable bonds is 0. The van der Waals surface area contributed by atoms with Gasteiger partial charge < -0.3 is 10.0 Å². The van der Waals surface area contributed by atoms with E-state index in [0.717, 1.165) is 5.69 Å². The van der Waals surface area contributed by atoms with Gasteiger partial charge in [0.05, 0.1) is 12.2 Å². The molecule has 2 rings (SSSR count). The number of aromatic nitrogens is 2. The Hall–Kier alpha value is -1.85. The highest BCUT2D eigenvalue weighted by atomic mass is 16.4. The first-order valence-electron chi connectivity index (χ1n) is 4.22. The molecule has 74 valence electrons. The minimum absolute atomic E-state index is 0.252. The SMILES string of the molecule is O=C(O)N1CCc2n[nH]c(=O)cc2C1. The van der Waals surface area contributed by atoms with Gasteiger partial charge in [0.2, 0.25) is 0 Å². The maximum Gasteiger partial charge on any atom is 0.407 e. The number of hydrogen-bond donors (Lipinski definition) is 2. The molecule has 2 N–H and O–H groups in total. The van der Waals surface area contributed by atoms with E-state index in [1.807, 2.05) is 0 Å². The number of H-pyrrole nitrogens is 1. The lowest BCUT2D eigenvalue weighted by Crippen LogP contribution is -2.36. The molecule has 1 aliphatic rings. The predicted molar refractivity (Wildman–Crippen MR) is 47.0 cm³/mol. The first-order valence-corrected chi connectivity index (χ1v) is 4.22. The van der Waals surface area contributed by atoms with Crippen LogP contribution in [0.15, 0.2) is 10.9 Å². The summed E-state index contributed by atoms with van der Waals surface area (Å²) in [6, 6.07) is 1.40. The van der Waals surface area contributed by atoms with Crippen LogP contribution in [0.25, 0.3) is 0 Å². The topological polar surface area (TPSA) is 86.3 Å². The summed E-state index contributed by atoms with van der Waals surface area (Å²) in [7, 11) is 0. The number of amides is 1. The highest BCUT2D eigenvalue weighted by Crippen LogP contribution is 2.13. The third kappa shape index (κ3) is 1.46. The molecule has 0 aliphatic carbocycles. The molecule has 6 heteroatoms. The van der Waals surface area contributed by atoms with E-state index in [2.05, 4.69) is 10.2 Å². The fraction of sp³-hybridized carbons (Fsp3) is 0.375. The summed E-state index contributed by atoms with van der Waals surface area (Å²) < 4.78 is 0. The summed E-state index contributed by atoms with van der Waals surface area (Å²) in [4.78, 5) is 22.9. The molecule has 6 nitrogen and oxygen atoms in total. The van der Waals surface area contributed by atoms with E-state index in [1.54, 1.807) is 0 Å². The summed E-state index contributed by atoms with van der Waals surface area (Å²) in [6.07, 6.45) is -0.408. The summed E-state index contributed by atoms with van der Waals surface area (Å²) in [5.41, 5.74) is 1.18. The number of carboxylic acid groups (broad SMARTS) is 1. The molecule has 14 heavy (non-hydrogen) atoms. The van der Waals surface area contributed by atoms with Crippen molar-refractivity contribution in [2.75, 3.05) is 6.54 Å². The summed E-state index contributed by atoms with van der Waals surface area (Å²) in [6.45, 7) is 0.683. The van der Waals surface area contributed by atoms with Crippen LogP contribution in [-0.4, -0.2) is 32.8 Å². The van der Waals surface area contributed by atoms with Gasteiger partial charge >= 0.3 is 6.09 Å². The number of fused-ring (bicyclic) bond motifs is 1. The lowest BCUT2D eigenvalue weighted by atomic mass is 10.1. The zero-order valence-electron chi connectivity index (χ0n) is 7.36. The van der Waals surface area contributed by atoms with Crippen molar-refractivity contribution in [1.82, 2.24) is 15.1 Å². The van der Waals surface area contributed by atoms with Gasteiger partial charge in [-0.15, -0.1) is 0 Å². The second-order valence-electron chi connectivity index (χ2n) is 3.16. The van der Waals surface area contributed by atoms with Crippen molar-refractivity contribution in [3.05, 3.63) is 27.7 Å². The average Bonchev–Trinajstić information content (AvgIpc) is 2.16. The molecule has 0 radical (unpaired) electrons. The summed E-state index contributed by atoms with van der Waals surface area (Å²) >= 11 is 0. The van der Waals surface area contributed by atoms with Gasteiger partial charge in [0.25, 0.3) is 5.56 Å². The van der Waals surface area contributed by atoms with Crippen LogP contribution >= 0.6 is 0 Å². The van der Waals surface area contributed by atoms with Crippen molar-refractivity contribution < 1.29 is 9.90 Å². The van der Waals surface area contributed by atoms with Crippen LogP contribution in [0.3, 0.4) is 0 Å². The molecule has 1 amide bonds. The maximum atomic E-state index is 10.9. The summed E-state index contributed by atoms with van der Waals surface area (Å²) in [5, 5.41) is 14.9. The molecule has 1 aromatic heterocycles. The van der Waals surface area contributed by atoms with Crippen molar-refractivity contribution >= 4 is 6.09 Å². The van der Waals surface area contributed by atoms with E-state index in [0.29, 0.717) is 18.5 Å². The Kier molecular flexibility index (Phi) is 1.95. The van der Waals surface area contributed by atoms with Crippen molar-refractivity contribution in [3.63, 3.8) is 0 Å². The number of carbonyl (C=O) groups is 1. The number of aromatic amines is 1. The zero-order valence-corrected chi connectivity index (χ0v) is 7.36. The Morgan fingerprint density at radius 3 is 3.14 bits per heavy atom. The molecule has 0 atom stereocenters. The molecule has 0 aromatic carbocycles. The standard InChI is InChI=1S/C8H9N3O3/c12-7-3-5-4-11(8(13)14)2-1-6(5)9-10-7/h3H,1-2,4H2,(H,10,12)(H,13,14). The van der Waals surface area contributed by atoms with Gasteiger partial charge in [-0.2, -0.15) is 5.10 Å². The number of hydrogen-bond acceptors (Lipinski definition) is 3. The second-order valence-corrected chi connectivity index (χ2v) is 3.16. The molecule has 0 saturated carbocycles. The van der Waals surface area contributed by atoms with E-state index in [4.69, 9.17) is 5.11 Å². The molecule has 1 aromatic rings. The van der Waals surface area contributed by atoms with Gasteiger partial charge in [0.15, 0.2) is 0 Å². The third-order valence-corrected chi connectivity index (χ3v) is 2.23. The maximum absolute atomic E-state index is 10.9. The van der Waals surface area contributed by atoms with Crippen LogP contribution in [0.2, 0.25) is 0 Å². The largest absolute Gasteiger partial charge is 0.465 e. The number of nitrogens with one attached hydrogen (secondary N) is 1. The van der Waals surface area contributed by atoms with Gasteiger partial charge in [-0.05, 0) is 0 Å². The molecule has 0 spiro atoms. The molecule has 0 saturated heterocycles. The minimum atomic E-state index is -0.962. The Labute approximate surface area is 79.2 Å². The van der Waals surface area contributed by atoms with Crippen molar-refractivity contribution in [2.45, 2.75) is 13.0 Å². The van der Waals surface area contributed by atoms with Gasteiger partial charge in [0.1, 0.15) is 0 Å². The van der Waals surface area contributed by atoms with E-state index < -0.39 is 6.09 Å². The Morgan fingerprint density at radius 2 is 2.43 bits per heavy atom. The van der Waals surface area contributed by atoms with Crippen molar-refractivity contribution in [1.29, 1.82) is 0 Å². The third-order valence-electron chi connectivity index (χ3n) is 2.23. The number of nitrogens with zero attached hydrogens (tertiary/aromatic N) is 2. The molecule has 0 unspecified atom stereocenters. The molecule has 2 heterocycles. The van der Waals surface area contributed by atoms with Gasteiger partial charge in [-0.3, -0.25) is 4.79 Å². The fourth-order valence-corrected chi connectivity index (χ4v) is 1.51. The molecule has 0 bridgehead atoms. The molecule has 1 aliphatic heterocycles. The van der Waals surface area contributed by atoms with E-state index in [1.165, 1.54) is 11.0 Å². The van der Waals surface area contributed by atoms with Crippen molar-refractivity contribution in [3.8, 4) is 0 Å². The van der Waals surface area contributed by atoms with Crippen LogP contribution in [-0.2, 0) is 13.0 Å². The minimum Gasteiger partial charge on any atom is -0.465 e. The lowest BCUT2D eigenvalue weighted by Gasteiger charge is -2.24. The highest BCUT2D eigenvalue weighted by Gasteiger charge is 2.20. The lowest BCUT2D eigenvalue weighted by molar-refractivity contribution is 0.139. The van der Waals surface area contributed by atoms with E-state index in [-0.39, 0.29) is 12.1 Å². The monoisotopic (exact) mass is 195 g/mol. The van der Waals surface area contributed by atoms with Crippen LogP contribution in [0, 0.1) is 0 Å². The molecular weight excluding hydrogens is 186 g/mol. The first-order chi connectivity index (χ1) is 6.66. The van der Waals surface area contributed by atoms with Crippen LogP contribution in [0.5, 0.6) is 0 Å². The smallest absolute Gasteiger partial charge is 0.407 e. The quantitative estimate of drug-likeness (QED) is 0.600. The highest BCUT2D eigenvalue weighted by molar-refractivity contribution is 5.65. The Morgan fingerprint density at radius 1 is 1.64 bits per heavy atom. The Balaban J connectivity index is 2.33. The predicted octanol–water partition coefficient (Wildman–Crippen LogP) is -0.194. The van der Waals surface area contributed by atoms with Gasteiger partial charge in [-0.1, -0.05) is 0 Å². The zero-order chi connectivity index (χ0) is 10.1. The molecular formula is C8H9N3O3. The van der Waals surface area contributed by atoms with Crippen LogP contribution < -0.4 is 5.56 Å². The van der Waals surface area contributed by atoms with E-state index in [9.17, 15) is 9.59 Å². The Bertz CT molecular complexity index is 426. The first kappa shape index (κ1) is 8.74. The van der Waals surface area contributed by atoms with E-state index >= 15 is 0 Å². The summed E-state index contributed by atoms with van der Waals surface area (Å²) in [5.74, 6) is 0. The van der Waals surface area contributed by atoms with Crippen LogP contribution in [0.1, 0.15) is 11.3 Å². The van der Waals surface area contributed by atoms with Gasteiger partial charge in [-0.25, -0.2) is 9.89 Å². The normalized spacial score (nSPS) is 15.0. The average molecular weight is 195 g/mol. The molecule has 0 fully saturated rings.